The quantitative estimate of drug-likeness (QED) is 0.873. The predicted molar refractivity (Wildman–Crippen MR) is 78.8 cm³/mol. The lowest BCUT2D eigenvalue weighted by molar-refractivity contribution is -0.137. The van der Waals surface area contributed by atoms with Gasteiger partial charge in [0.05, 0.1) is 0 Å². The number of aliphatic carboxylic acids is 1. The van der Waals surface area contributed by atoms with Gasteiger partial charge in [-0.2, -0.15) is 5.10 Å². The molecule has 1 atom stereocenters. The molecule has 1 aliphatic carbocycles. The number of anilines is 1. The minimum Gasteiger partial charge on any atom is -0.480 e. The number of amides is 1. The molecule has 1 fully saturated rings. The lowest BCUT2D eigenvalue weighted by Gasteiger charge is -2.38. The second-order valence-corrected chi connectivity index (χ2v) is 6.48. The fourth-order valence-corrected chi connectivity index (χ4v) is 3.02. The van der Waals surface area contributed by atoms with Crippen molar-refractivity contribution in [1.82, 2.24) is 9.78 Å². The SMILES string of the molecule is CC1(C)CCCCC1CC(=O)Nc1ccn(CC(=O)O)n1. The molecule has 1 aromatic heterocycles. The first-order chi connectivity index (χ1) is 9.87. The Morgan fingerprint density at radius 2 is 2.24 bits per heavy atom. The van der Waals surface area contributed by atoms with Crippen molar-refractivity contribution < 1.29 is 14.7 Å². The maximum Gasteiger partial charge on any atom is 0.325 e. The Balaban J connectivity index is 1.89. The Bertz CT molecular complexity index is 522. The molecule has 21 heavy (non-hydrogen) atoms. The highest BCUT2D eigenvalue weighted by atomic mass is 16.4. The highest BCUT2D eigenvalue weighted by Crippen LogP contribution is 2.42. The van der Waals surface area contributed by atoms with E-state index in [0.29, 0.717) is 18.2 Å². The second-order valence-electron chi connectivity index (χ2n) is 6.48. The van der Waals surface area contributed by atoms with Crippen LogP contribution in [0.15, 0.2) is 12.3 Å². The van der Waals surface area contributed by atoms with Gasteiger partial charge in [0.15, 0.2) is 5.82 Å². The van der Waals surface area contributed by atoms with E-state index in [1.165, 1.54) is 17.5 Å². The summed E-state index contributed by atoms with van der Waals surface area (Å²) in [6.45, 7) is 4.25. The predicted octanol–water partition coefficient (Wildman–Crippen LogP) is 2.51. The Morgan fingerprint density at radius 1 is 1.48 bits per heavy atom. The number of nitrogens with zero attached hydrogens (tertiary/aromatic N) is 2. The van der Waals surface area contributed by atoms with E-state index >= 15 is 0 Å². The third-order valence-electron chi connectivity index (χ3n) is 4.37. The Kier molecular flexibility index (Phi) is 4.65. The van der Waals surface area contributed by atoms with Crippen LogP contribution in [0.2, 0.25) is 0 Å². The minimum absolute atomic E-state index is 0.0458. The van der Waals surface area contributed by atoms with E-state index in [4.69, 9.17) is 5.11 Å². The molecular formula is C15H23N3O3. The van der Waals surface area contributed by atoms with Crippen LogP contribution in [-0.4, -0.2) is 26.8 Å². The van der Waals surface area contributed by atoms with Crippen LogP contribution in [0.1, 0.15) is 46.0 Å². The highest BCUT2D eigenvalue weighted by molar-refractivity contribution is 5.89. The molecule has 116 valence electrons. The summed E-state index contributed by atoms with van der Waals surface area (Å²) in [5, 5.41) is 15.5. The van der Waals surface area contributed by atoms with Gasteiger partial charge in [-0.1, -0.05) is 26.7 Å². The first-order valence-corrected chi connectivity index (χ1v) is 7.42. The smallest absolute Gasteiger partial charge is 0.325 e. The molecule has 1 unspecified atom stereocenters. The van der Waals surface area contributed by atoms with Crippen LogP contribution in [0.4, 0.5) is 5.82 Å². The van der Waals surface area contributed by atoms with Crippen LogP contribution < -0.4 is 5.32 Å². The summed E-state index contributed by atoms with van der Waals surface area (Å²) in [4.78, 5) is 22.7. The molecule has 0 bridgehead atoms. The largest absolute Gasteiger partial charge is 0.480 e. The van der Waals surface area contributed by atoms with Crippen molar-refractivity contribution in [2.75, 3.05) is 5.32 Å². The van der Waals surface area contributed by atoms with Gasteiger partial charge in [-0.05, 0) is 24.2 Å². The van der Waals surface area contributed by atoms with Gasteiger partial charge in [0.2, 0.25) is 5.91 Å². The summed E-state index contributed by atoms with van der Waals surface area (Å²) in [5.74, 6) is -0.197. The molecule has 2 rings (SSSR count). The van der Waals surface area contributed by atoms with Crippen molar-refractivity contribution in [3.8, 4) is 0 Å². The van der Waals surface area contributed by atoms with Crippen LogP contribution in [0, 0.1) is 11.3 Å². The van der Waals surface area contributed by atoms with Gasteiger partial charge in [-0.3, -0.25) is 14.3 Å². The monoisotopic (exact) mass is 293 g/mol. The zero-order valence-electron chi connectivity index (χ0n) is 12.6. The summed E-state index contributed by atoms with van der Waals surface area (Å²) in [6, 6.07) is 1.62. The van der Waals surface area contributed by atoms with Gasteiger partial charge in [0, 0.05) is 18.7 Å². The van der Waals surface area contributed by atoms with Crippen molar-refractivity contribution in [2.24, 2.45) is 11.3 Å². The number of carboxylic acid groups (broad SMARTS) is 1. The van der Waals surface area contributed by atoms with E-state index in [0.717, 1.165) is 12.8 Å². The Morgan fingerprint density at radius 3 is 2.90 bits per heavy atom. The molecule has 1 aromatic rings. The average Bonchev–Trinajstić information content (AvgIpc) is 2.78. The first kappa shape index (κ1) is 15.5. The molecule has 0 aromatic carbocycles. The maximum atomic E-state index is 12.1. The normalized spacial score (nSPS) is 21.0. The van der Waals surface area contributed by atoms with Gasteiger partial charge >= 0.3 is 5.97 Å². The minimum atomic E-state index is -0.958. The van der Waals surface area contributed by atoms with E-state index in [-0.39, 0.29) is 17.9 Å². The third-order valence-corrected chi connectivity index (χ3v) is 4.37. The molecule has 0 aliphatic heterocycles. The van der Waals surface area contributed by atoms with E-state index < -0.39 is 5.97 Å². The van der Waals surface area contributed by atoms with Crippen molar-refractivity contribution in [3.05, 3.63) is 12.3 Å². The molecule has 1 amide bonds. The van der Waals surface area contributed by atoms with Crippen LogP contribution in [0.25, 0.3) is 0 Å². The highest BCUT2D eigenvalue weighted by Gasteiger charge is 2.33. The Hall–Kier alpha value is -1.85. The number of hydrogen-bond acceptors (Lipinski definition) is 3. The fourth-order valence-electron chi connectivity index (χ4n) is 3.02. The van der Waals surface area contributed by atoms with Crippen LogP contribution in [0.5, 0.6) is 0 Å². The summed E-state index contributed by atoms with van der Waals surface area (Å²) >= 11 is 0. The van der Waals surface area contributed by atoms with Crippen molar-refractivity contribution in [1.29, 1.82) is 0 Å². The zero-order chi connectivity index (χ0) is 15.5. The maximum absolute atomic E-state index is 12.1. The molecular weight excluding hydrogens is 270 g/mol. The van der Waals surface area contributed by atoms with E-state index in [1.807, 2.05) is 0 Å². The van der Waals surface area contributed by atoms with E-state index in [9.17, 15) is 9.59 Å². The van der Waals surface area contributed by atoms with Gasteiger partial charge in [0.1, 0.15) is 6.54 Å². The number of carbonyl (C=O) groups excluding carboxylic acids is 1. The molecule has 1 aliphatic rings. The first-order valence-electron chi connectivity index (χ1n) is 7.42. The standard InChI is InChI=1S/C15H23N3O3/c1-15(2)7-4-3-5-11(15)9-13(19)16-12-6-8-18(17-12)10-14(20)21/h6,8,11H,3-5,7,9-10H2,1-2H3,(H,20,21)(H,16,17,19). The molecule has 0 radical (unpaired) electrons. The topological polar surface area (TPSA) is 84.2 Å². The lowest BCUT2D eigenvalue weighted by Crippen LogP contribution is -2.31. The van der Waals surface area contributed by atoms with Crippen molar-refractivity contribution in [2.45, 2.75) is 52.5 Å². The molecule has 1 saturated carbocycles. The van der Waals surface area contributed by atoms with Gasteiger partial charge in [0.25, 0.3) is 0 Å². The number of nitrogens with one attached hydrogen (secondary N) is 1. The number of aromatic nitrogens is 2. The van der Waals surface area contributed by atoms with Crippen LogP contribution in [-0.2, 0) is 16.1 Å². The number of carboxylic acids is 1. The van der Waals surface area contributed by atoms with Gasteiger partial charge < -0.3 is 10.4 Å². The van der Waals surface area contributed by atoms with Gasteiger partial charge in [-0.15, -0.1) is 0 Å². The molecule has 2 N–H and O–H groups in total. The van der Waals surface area contributed by atoms with E-state index in [1.54, 1.807) is 12.3 Å². The molecule has 6 nitrogen and oxygen atoms in total. The second kappa shape index (κ2) is 6.28. The molecule has 0 saturated heterocycles. The average molecular weight is 293 g/mol. The molecule has 6 heteroatoms. The molecule has 0 spiro atoms. The number of hydrogen-bond donors (Lipinski definition) is 2. The van der Waals surface area contributed by atoms with Gasteiger partial charge in [-0.25, -0.2) is 0 Å². The lowest BCUT2D eigenvalue weighted by atomic mass is 9.67. The number of rotatable bonds is 5. The number of carbonyl (C=O) groups is 2. The fraction of sp³-hybridized carbons (Fsp3) is 0.667. The summed E-state index contributed by atoms with van der Waals surface area (Å²) in [6.07, 6.45) is 6.73. The van der Waals surface area contributed by atoms with E-state index in [2.05, 4.69) is 24.3 Å². The summed E-state index contributed by atoms with van der Waals surface area (Å²) in [5.41, 5.74) is 0.207. The summed E-state index contributed by atoms with van der Waals surface area (Å²) < 4.78 is 1.29. The Labute approximate surface area is 124 Å². The third kappa shape index (κ3) is 4.31. The van der Waals surface area contributed by atoms with Crippen molar-refractivity contribution >= 4 is 17.7 Å². The molecule has 1 heterocycles. The van der Waals surface area contributed by atoms with Crippen molar-refractivity contribution in [3.63, 3.8) is 0 Å². The van der Waals surface area contributed by atoms with Crippen LogP contribution >= 0.6 is 0 Å². The van der Waals surface area contributed by atoms with Crippen LogP contribution in [0.3, 0.4) is 0 Å². The zero-order valence-corrected chi connectivity index (χ0v) is 12.6. The summed E-state index contributed by atoms with van der Waals surface area (Å²) in [7, 11) is 0.